The zero-order chi connectivity index (χ0) is 12.8. The van der Waals surface area contributed by atoms with Crippen molar-refractivity contribution in [1.29, 1.82) is 0 Å². The maximum atomic E-state index is 9.69. The van der Waals surface area contributed by atoms with E-state index >= 15 is 0 Å². The largest absolute Gasteiger partial charge is 0.392 e. The maximum Gasteiger partial charge on any atom is 0.0679 e. The first-order chi connectivity index (χ1) is 8.74. The Morgan fingerprint density at radius 1 is 1.22 bits per heavy atom. The molecular weight excluding hydrogens is 224 g/mol. The average molecular weight is 254 g/mol. The van der Waals surface area contributed by atoms with E-state index in [9.17, 15) is 5.11 Å². The van der Waals surface area contributed by atoms with Crippen LogP contribution in [0.5, 0.6) is 0 Å². The van der Waals surface area contributed by atoms with Gasteiger partial charge in [-0.1, -0.05) is 32.6 Å². The first-order valence-corrected chi connectivity index (χ1v) is 7.85. The van der Waals surface area contributed by atoms with Crippen LogP contribution in [0, 0.1) is 5.41 Å². The molecule has 1 saturated carbocycles. The zero-order valence-corrected chi connectivity index (χ0v) is 12.0. The van der Waals surface area contributed by atoms with E-state index in [0.29, 0.717) is 5.41 Å². The lowest BCUT2D eigenvalue weighted by Gasteiger charge is -2.37. The van der Waals surface area contributed by atoms with Gasteiger partial charge >= 0.3 is 0 Å². The van der Waals surface area contributed by atoms with Crippen molar-refractivity contribution < 1.29 is 5.11 Å². The molecule has 1 atom stereocenters. The number of nitrogens with one attached hydrogen (secondary N) is 1. The van der Waals surface area contributed by atoms with Gasteiger partial charge in [0.1, 0.15) is 0 Å². The fraction of sp³-hybridized carbons (Fsp3) is 1.00. The number of aliphatic hydroxyl groups is 1. The predicted octanol–water partition coefficient (Wildman–Crippen LogP) is 2.00. The van der Waals surface area contributed by atoms with Crippen molar-refractivity contribution >= 4 is 0 Å². The Hall–Kier alpha value is -0.120. The summed E-state index contributed by atoms with van der Waals surface area (Å²) in [7, 11) is 0. The zero-order valence-electron chi connectivity index (χ0n) is 12.0. The van der Waals surface area contributed by atoms with Gasteiger partial charge in [0.25, 0.3) is 0 Å². The molecule has 2 rings (SSSR count). The van der Waals surface area contributed by atoms with E-state index in [2.05, 4.69) is 17.1 Å². The molecule has 0 amide bonds. The molecule has 2 aliphatic rings. The Morgan fingerprint density at radius 3 is 2.50 bits per heavy atom. The molecule has 0 bridgehead atoms. The van der Waals surface area contributed by atoms with E-state index in [-0.39, 0.29) is 6.10 Å². The Balaban J connectivity index is 1.94. The lowest BCUT2D eigenvalue weighted by atomic mass is 9.79. The molecule has 0 aromatic heterocycles. The Kier molecular flexibility index (Phi) is 5.46. The molecule has 0 aromatic rings. The highest BCUT2D eigenvalue weighted by Gasteiger charge is 2.34. The first kappa shape index (κ1) is 14.3. The van der Waals surface area contributed by atoms with Crippen LogP contribution in [0.4, 0.5) is 0 Å². The molecule has 106 valence electrons. The molecule has 0 aromatic carbocycles. The van der Waals surface area contributed by atoms with Gasteiger partial charge in [-0.05, 0) is 31.2 Å². The highest BCUT2D eigenvalue weighted by atomic mass is 16.3. The number of aliphatic hydroxyl groups excluding tert-OH is 1. The molecular formula is C15H30N2O. The third-order valence-electron chi connectivity index (χ3n) is 4.72. The van der Waals surface area contributed by atoms with Crippen molar-refractivity contribution in [3.05, 3.63) is 0 Å². The van der Waals surface area contributed by atoms with E-state index in [1.807, 2.05) is 0 Å². The smallest absolute Gasteiger partial charge is 0.0679 e. The monoisotopic (exact) mass is 254 g/mol. The average Bonchev–Trinajstić information content (AvgIpc) is 2.63. The second-order valence-electron chi connectivity index (χ2n) is 6.37. The number of hydrogen-bond acceptors (Lipinski definition) is 3. The van der Waals surface area contributed by atoms with Crippen molar-refractivity contribution in [3.8, 4) is 0 Å². The van der Waals surface area contributed by atoms with Crippen LogP contribution >= 0.6 is 0 Å². The molecule has 18 heavy (non-hydrogen) atoms. The van der Waals surface area contributed by atoms with E-state index in [1.165, 1.54) is 45.1 Å². The Labute approximate surface area is 112 Å². The van der Waals surface area contributed by atoms with Gasteiger partial charge in [-0.2, -0.15) is 0 Å². The van der Waals surface area contributed by atoms with Gasteiger partial charge in [0.15, 0.2) is 0 Å². The molecule has 1 heterocycles. The molecule has 1 saturated heterocycles. The third kappa shape index (κ3) is 3.94. The molecule has 2 N–H and O–H groups in total. The fourth-order valence-electron chi connectivity index (χ4n) is 3.69. The van der Waals surface area contributed by atoms with Crippen LogP contribution in [-0.4, -0.2) is 48.8 Å². The number of hydrogen-bond donors (Lipinski definition) is 2. The molecule has 2 fully saturated rings. The molecule has 0 spiro atoms. The Morgan fingerprint density at radius 2 is 1.94 bits per heavy atom. The molecule has 3 nitrogen and oxygen atoms in total. The van der Waals surface area contributed by atoms with Crippen molar-refractivity contribution in [2.45, 2.75) is 58.0 Å². The van der Waals surface area contributed by atoms with Crippen LogP contribution in [-0.2, 0) is 0 Å². The van der Waals surface area contributed by atoms with E-state index in [0.717, 1.165) is 32.6 Å². The van der Waals surface area contributed by atoms with Gasteiger partial charge in [0.2, 0.25) is 0 Å². The van der Waals surface area contributed by atoms with Crippen LogP contribution < -0.4 is 5.32 Å². The van der Waals surface area contributed by atoms with Gasteiger partial charge in [-0.15, -0.1) is 0 Å². The lowest BCUT2D eigenvalue weighted by Crippen LogP contribution is -2.43. The van der Waals surface area contributed by atoms with Gasteiger partial charge in [-0.25, -0.2) is 0 Å². The topological polar surface area (TPSA) is 35.5 Å². The van der Waals surface area contributed by atoms with Gasteiger partial charge < -0.3 is 15.3 Å². The van der Waals surface area contributed by atoms with Crippen molar-refractivity contribution in [1.82, 2.24) is 10.2 Å². The third-order valence-corrected chi connectivity index (χ3v) is 4.72. The minimum Gasteiger partial charge on any atom is -0.392 e. The second kappa shape index (κ2) is 6.88. The lowest BCUT2D eigenvalue weighted by molar-refractivity contribution is 0.124. The summed E-state index contributed by atoms with van der Waals surface area (Å²) in [4.78, 5) is 2.49. The fourth-order valence-corrected chi connectivity index (χ4v) is 3.69. The van der Waals surface area contributed by atoms with Crippen molar-refractivity contribution in [3.63, 3.8) is 0 Å². The Bertz CT molecular complexity index is 237. The minimum absolute atomic E-state index is 0.0769. The summed E-state index contributed by atoms with van der Waals surface area (Å²) in [5.41, 5.74) is 0.469. The predicted molar refractivity (Wildman–Crippen MR) is 75.7 cm³/mol. The summed E-state index contributed by atoms with van der Waals surface area (Å²) >= 11 is 0. The SMILES string of the molecule is CCNCC1(CN2CCC(O)C2)CCCCCC1. The summed E-state index contributed by atoms with van der Waals surface area (Å²) in [5.74, 6) is 0. The first-order valence-electron chi connectivity index (χ1n) is 7.85. The van der Waals surface area contributed by atoms with Gasteiger partial charge in [0.05, 0.1) is 6.10 Å². The van der Waals surface area contributed by atoms with Gasteiger partial charge in [-0.3, -0.25) is 0 Å². The molecule has 1 aliphatic heterocycles. The van der Waals surface area contributed by atoms with Crippen LogP contribution in [0.1, 0.15) is 51.9 Å². The van der Waals surface area contributed by atoms with Gasteiger partial charge in [0, 0.05) is 26.2 Å². The second-order valence-corrected chi connectivity index (χ2v) is 6.37. The van der Waals surface area contributed by atoms with Crippen molar-refractivity contribution in [2.75, 3.05) is 32.7 Å². The molecule has 3 heteroatoms. The summed E-state index contributed by atoms with van der Waals surface area (Å²) in [6.07, 6.45) is 9.24. The maximum absolute atomic E-state index is 9.69. The highest BCUT2D eigenvalue weighted by Crippen LogP contribution is 2.36. The van der Waals surface area contributed by atoms with Crippen LogP contribution in [0.2, 0.25) is 0 Å². The highest BCUT2D eigenvalue weighted by molar-refractivity contribution is 4.89. The number of rotatable bonds is 5. The summed E-state index contributed by atoms with van der Waals surface area (Å²) in [6.45, 7) is 7.62. The van der Waals surface area contributed by atoms with Crippen LogP contribution in [0.25, 0.3) is 0 Å². The molecule has 1 unspecified atom stereocenters. The van der Waals surface area contributed by atoms with E-state index in [4.69, 9.17) is 0 Å². The number of β-amino-alcohol motifs (C(OH)–C–C–N with tert-alkyl or cyclic N) is 1. The number of likely N-dealkylation sites (tertiary alicyclic amines) is 1. The van der Waals surface area contributed by atoms with Crippen LogP contribution in [0.3, 0.4) is 0 Å². The summed E-state index contributed by atoms with van der Waals surface area (Å²) in [5, 5.41) is 13.3. The van der Waals surface area contributed by atoms with E-state index < -0.39 is 0 Å². The summed E-state index contributed by atoms with van der Waals surface area (Å²) in [6, 6.07) is 0. The van der Waals surface area contributed by atoms with Crippen molar-refractivity contribution in [2.24, 2.45) is 5.41 Å². The summed E-state index contributed by atoms with van der Waals surface area (Å²) < 4.78 is 0. The minimum atomic E-state index is -0.0769. The standard InChI is InChI=1S/C15H30N2O/c1-2-16-12-15(8-5-3-4-6-9-15)13-17-10-7-14(18)11-17/h14,16,18H,2-13H2,1H3. The van der Waals surface area contributed by atoms with Crippen LogP contribution in [0.15, 0.2) is 0 Å². The molecule has 0 radical (unpaired) electrons. The molecule has 1 aliphatic carbocycles. The number of nitrogens with zero attached hydrogens (tertiary/aromatic N) is 1. The normalized spacial score (nSPS) is 29.3. The van der Waals surface area contributed by atoms with E-state index in [1.54, 1.807) is 0 Å². The quantitative estimate of drug-likeness (QED) is 0.737.